The van der Waals surface area contributed by atoms with Crippen molar-refractivity contribution in [2.45, 2.75) is 58.3 Å². The molecule has 0 aromatic carbocycles. The Hall–Kier alpha value is -1.08. The molecule has 0 saturated carbocycles. The molecule has 0 aromatic heterocycles. The van der Waals surface area contributed by atoms with E-state index in [1.165, 1.54) is 44.9 Å². The number of nitriles is 1. The zero-order chi connectivity index (χ0) is 13.5. The lowest BCUT2D eigenvalue weighted by Gasteiger charge is -2.04. The highest BCUT2D eigenvalue weighted by atomic mass is 16.1. The molecule has 0 aliphatic carbocycles. The van der Waals surface area contributed by atoms with E-state index in [-0.39, 0.29) is 12.5 Å². The molecule has 0 unspecified atom stereocenters. The Balaban J connectivity index is 3.07. The number of amides is 1. The molecule has 104 valence electrons. The van der Waals surface area contributed by atoms with Gasteiger partial charge in [0.15, 0.2) is 0 Å². The summed E-state index contributed by atoms with van der Waals surface area (Å²) in [7, 11) is 0. The van der Waals surface area contributed by atoms with Crippen LogP contribution in [-0.2, 0) is 4.79 Å². The van der Waals surface area contributed by atoms with Gasteiger partial charge in [0.1, 0.15) is 6.54 Å². The van der Waals surface area contributed by atoms with Gasteiger partial charge in [-0.15, -0.1) is 0 Å². The zero-order valence-corrected chi connectivity index (χ0v) is 11.6. The molecule has 0 fully saturated rings. The van der Waals surface area contributed by atoms with Gasteiger partial charge in [-0.3, -0.25) is 4.79 Å². The standard InChI is InChI=1S/C14H27N3O/c1-2-3-4-5-6-7-8-9-11-16-13-14(18)17-12-10-15/h16H,2-9,11-13H2,1H3,(H,17,18). The van der Waals surface area contributed by atoms with Gasteiger partial charge < -0.3 is 10.6 Å². The fourth-order valence-corrected chi connectivity index (χ4v) is 1.79. The molecule has 0 rings (SSSR count). The summed E-state index contributed by atoms with van der Waals surface area (Å²) in [6, 6.07) is 1.88. The van der Waals surface area contributed by atoms with Crippen molar-refractivity contribution in [2.75, 3.05) is 19.6 Å². The van der Waals surface area contributed by atoms with E-state index in [0.717, 1.165) is 13.0 Å². The molecule has 0 heterocycles. The molecule has 0 radical (unpaired) electrons. The number of hydrogen-bond donors (Lipinski definition) is 2. The lowest BCUT2D eigenvalue weighted by molar-refractivity contribution is -0.120. The monoisotopic (exact) mass is 253 g/mol. The third-order valence-electron chi connectivity index (χ3n) is 2.86. The van der Waals surface area contributed by atoms with Gasteiger partial charge in [0.2, 0.25) is 5.91 Å². The van der Waals surface area contributed by atoms with E-state index in [1.54, 1.807) is 0 Å². The van der Waals surface area contributed by atoms with Gasteiger partial charge in [-0.2, -0.15) is 5.26 Å². The molecular weight excluding hydrogens is 226 g/mol. The van der Waals surface area contributed by atoms with Gasteiger partial charge in [0.25, 0.3) is 0 Å². The maximum Gasteiger partial charge on any atom is 0.234 e. The van der Waals surface area contributed by atoms with Gasteiger partial charge in [-0.25, -0.2) is 0 Å². The average molecular weight is 253 g/mol. The first-order valence-corrected chi connectivity index (χ1v) is 7.15. The second kappa shape index (κ2) is 14.0. The van der Waals surface area contributed by atoms with Crippen LogP contribution in [0.25, 0.3) is 0 Å². The molecule has 0 saturated heterocycles. The van der Waals surface area contributed by atoms with Crippen LogP contribution in [0.1, 0.15) is 58.3 Å². The van der Waals surface area contributed by atoms with E-state index in [1.807, 2.05) is 6.07 Å². The van der Waals surface area contributed by atoms with Crippen molar-refractivity contribution in [2.24, 2.45) is 0 Å². The predicted molar refractivity (Wildman–Crippen MR) is 74.1 cm³/mol. The Morgan fingerprint density at radius 3 is 2.28 bits per heavy atom. The second-order valence-corrected chi connectivity index (χ2v) is 4.59. The minimum Gasteiger partial charge on any atom is -0.342 e. The summed E-state index contributed by atoms with van der Waals surface area (Å²) in [6.45, 7) is 3.53. The minimum atomic E-state index is -0.101. The summed E-state index contributed by atoms with van der Waals surface area (Å²) >= 11 is 0. The van der Waals surface area contributed by atoms with Crippen molar-refractivity contribution in [3.05, 3.63) is 0 Å². The fraction of sp³-hybridized carbons (Fsp3) is 0.857. The largest absolute Gasteiger partial charge is 0.342 e. The Kier molecular flexibility index (Phi) is 13.1. The van der Waals surface area contributed by atoms with Crippen LogP contribution in [0.2, 0.25) is 0 Å². The molecule has 4 heteroatoms. The molecule has 0 aliphatic rings. The van der Waals surface area contributed by atoms with Crippen LogP contribution in [-0.4, -0.2) is 25.5 Å². The number of nitrogens with one attached hydrogen (secondary N) is 2. The maximum absolute atomic E-state index is 11.1. The molecule has 1 amide bonds. The predicted octanol–water partition coefficient (Wildman–Crippen LogP) is 2.36. The van der Waals surface area contributed by atoms with Gasteiger partial charge in [0, 0.05) is 0 Å². The van der Waals surface area contributed by atoms with Gasteiger partial charge in [0.05, 0.1) is 12.6 Å². The third-order valence-corrected chi connectivity index (χ3v) is 2.86. The van der Waals surface area contributed by atoms with E-state index < -0.39 is 0 Å². The summed E-state index contributed by atoms with van der Waals surface area (Å²) in [6.07, 6.45) is 10.4. The number of carbonyl (C=O) groups excluding carboxylic acids is 1. The van der Waals surface area contributed by atoms with E-state index in [4.69, 9.17) is 5.26 Å². The van der Waals surface area contributed by atoms with E-state index in [9.17, 15) is 4.79 Å². The van der Waals surface area contributed by atoms with Crippen molar-refractivity contribution in [3.8, 4) is 6.07 Å². The summed E-state index contributed by atoms with van der Waals surface area (Å²) in [5.41, 5.74) is 0. The highest BCUT2D eigenvalue weighted by Crippen LogP contribution is 2.07. The summed E-state index contributed by atoms with van der Waals surface area (Å²) in [5, 5.41) is 13.9. The summed E-state index contributed by atoms with van der Waals surface area (Å²) in [4.78, 5) is 11.1. The lowest BCUT2D eigenvalue weighted by Crippen LogP contribution is -2.34. The van der Waals surface area contributed by atoms with Gasteiger partial charge >= 0.3 is 0 Å². The minimum absolute atomic E-state index is 0.0955. The normalized spacial score (nSPS) is 10.0. The SMILES string of the molecule is CCCCCCCCCCNCC(=O)NCC#N. The number of rotatable bonds is 12. The molecule has 0 atom stereocenters. The quantitative estimate of drug-likeness (QED) is 0.414. The average Bonchev–Trinajstić information content (AvgIpc) is 2.38. The number of nitrogens with zero attached hydrogens (tertiary/aromatic N) is 1. The Morgan fingerprint density at radius 1 is 1.06 bits per heavy atom. The van der Waals surface area contributed by atoms with Crippen molar-refractivity contribution in [3.63, 3.8) is 0 Å². The van der Waals surface area contributed by atoms with Crippen molar-refractivity contribution >= 4 is 5.91 Å². The van der Waals surface area contributed by atoms with E-state index in [0.29, 0.717) is 6.54 Å². The van der Waals surface area contributed by atoms with Crippen molar-refractivity contribution < 1.29 is 4.79 Å². The molecule has 18 heavy (non-hydrogen) atoms. The van der Waals surface area contributed by atoms with Gasteiger partial charge in [-0.1, -0.05) is 51.9 Å². The molecule has 4 nitrogen and oxygen atoms in total. The van der Waals surface area contributed by atoms with Crippen LogP contribution in [0.3, 0.4) is 0 Å². The first-order chi connectivity index (χ1) is 8.81. The van der Waals surface area contributed by atoms with Crippen molar-refractivity contribution in [1.29, 1.82) is 5.26 Å². The number of unbranched alkanes of at least 4 members (excludes halogenated alkanes) is 7. The Bertz CT molecular complexity index is 236. The zero-order valence-electron chi connectivity index (χ0n) is 11.6. The topological polar surface area (TPSA) is 64.9 Å². The molecule has 2 N–H and O–H groups in total. The Labute approximate surface area is 111 Å². The molecule has 0 spiro atoms. The molecular formula is C14H27N3O. The highest BCUT2D eigenvalue weighted by Gasteiger charge is 1.98. The van der Waals surface area contributed by atoms with Crippen LogP contribution < -0.4 is 10.6 Å². The highest BCUT2D eigenvalue weighted by molar-refractivity contribution is 5.78. The smallest absolute Gasteiger partial charge is 0.234 e. The van der Waals surface area contributed by atoms with Gasteiger partial charge in [-0.05, 0) is 13.0 Å². The molecule has 0 aromatic rings. The van der Waals surface area contributed by atoms with Crippen LogP contribution in [0.4, 0.5) is 0 Å². The molecule has 0 aliphatic heterocycles. The Morgan fingerprint density at radius 2 is 1.67 bits per heavy atom. The first-order valence-electron chi connectivity index (χ1n) is 7.15. The van der Waals surface area contributed by atoms with Crippen LogP contribution >= 0.6 is 0 Å². The second-order valence-electron chi connectivity index (χ2n) is 4.59. The van der Waals surface area contributed by atoms with E-state index in [2.05, 4.69) is 17.6 Å². The summed E-state index contributed by atoms with van der Waals surface area (Å²) < 4.78 is 0. The summed E-state index contributed by atoms with van der Waals surface area (Å²) in [5.74, 6) is -0.101. The lowest BCUT2D eigenvalue weighted by atomic mass is 10.1. The fourth-order valence-electron chi connectivity index (χ4n) is 1.79. The number of hydrogen-bond acceptors (Lipinski definition) is 3. The third kappa shape index (κ3) is 13.0. The molecule has 0 bridgehead atoms. The van der Waals surface area contributed by atoms with Crippen LogP contribution in [0.5, 0.6) is 0 Å². The van der Waals surface area contributed by atoms with Crippen LogP contribution in [0.15, 0.2) is 0 Å². The van der Waals surface area contributed by atoms with Crippen LogP contribution in [0, 0.1) is 11.3 Å². The number of carbonyl (C=O) groups is 1. The van der Waals surface area contributed by atoms with Crippen molar-refractivity contribution in [1.82, 2.24) is 10.6 Å². The van der Waals surface area contributed by atoms with E-state index >= 15 is 0 Å². The first kappa shape index (κ1) is 16.9. The maximum atomic E-state index is 11.1.